The van der Waals surface area contributed by atoms with Gasteiger partial charge in [0.25, 0.3) is 10.0 Å². The Balaban J connectivity index is 1.44. The normalized spacial score (nSPS) is 15.2. The number of pyridine rings is 1. The lowest BCUT2D eigenvalue weighted by molar-refractivity contribution is 0.408. The highest BCUT2D eigenvalue weighted by Gasteiger charge is 2.26. The van der Waals surface area contributed by atoms with Crippen LogP contribution >= 0.6 is 0 Å². The molecule has 0 spiro atoms. The highest BCUT2D eigenvalue weighted by atomic mass is 32.2. The number of benzene rings is 3. The van der Waals surface area contributed by atoms with Crippen molar-refractivity contribution in [1.29, 1.82) is 0 Å². The van der Waals surface area contributed by atoms with E-state index >= 15 is 0 Å². The smallest absolute Gasteiger partial charge is 0.262 e. The van der Waals surface area contributed by atoms with Crippen LogP contribution < -0.4 is 14.8 Å². The third-order valence-electron chi connectivity index (χ3n) is 5.87. The van der Waals surface area contributed by atoms with Crippen LogP contribution in [0.4, 0.5) is 20.3 Å². The van der Waals surface area contributed by atoms with E-state index in [-0.39, 0.29) is 11.7 Å². The second kappa shape index (κ2) is 8.57. The molecule has 0 bridgehead atoms. The number of nitrogens with one attached hydrogen (secondary N) is 2. The predicted molar refractivity (Wildman–Crippen MR) is 127 cm³/mol. The fourth-order valence-corrected chi connectivity index (χ4v) is 5.48. The molecule has 1 heterocycles. The number of nitrogens with zero attached hydrogens (tertiary/aromatic N) is 1. The molecule has 0 aliphatic heterocycles. The largest absolute Gasteiger partial charge is 0.496 e. The summed E-state index contributed by atoms with van der Waals surface area (Å²) in [6, 6.07) is 16.7. The fourth-order valence-electron chi connectivity index (χ4n) is 4.36. The molecule has 0 saturated carbocycles. The van der Waals surface area contributed by atoms with Crippen LogP contribution in [0.2, 0.25) is 0 Å². The average Bonchev–Trinajstić information content (AvgIpc) is 3.21. The van der Waals surface area contributed by atoms with Crippen molar-refractivity contribution in [2.75, 3.05) is 17.1 Å². The lowest BCUT2D eigenvalue weighted by Crippen LogP contribution is -2.14. The number of rotatable bonds is 6. The molecule has 9 heteroatoms. The Hall–Kier alpha value is -3.72. The lowest BCUT2D eigenvalue weighted by Gasteiger charge is -2.18. The molecule has 0 amide bonds. The molecule has 3 aromatic carbocycles. The maximum absolute atomic E-state index is 13.5. The van der Waals surface area contributed by atoms with Gasteiger partial charge < -0.3 is 10.1 Å². The zero-order valence-electron chi connectivity index (χ0n) is 18.2. The van der Waals surface area contributed by atoms with Gasteiger partial charge in [0.05, 0.1) is 29.3 Å². The molecule has 0 saturated heterocycles. The van der Waals surface area contributed by atoms with Crippen molar-refractivity contribution >= 4 is 32.4 Å². The van der Waals surface area contributed by atoms with E-state index < -0.39 is 26.6 Å². The number of aryl methyl sites for hydroxylation is 1. The number of aromatic nitrogens is 1. The van der Waals surface area contributed by atoms with Crippen molar-refractivity contribution in [2.24, 2.45) is 0 Å². The van der Waals surface area contributed by atoms with Gasteiger partial charge in [0.15, 0.2) is 0 Å². The first-order valence-electron chi connectivity index (χ1n) is 10.6. The fraction of sp³-hybridized carbons (Fsp3) is 0.160. The van der Waals surface area contributed by atoms with E-state index in [1.165, 1.54) is 5.56 Å². The van der Waals surface area contributed by atoms with Gasteiger partial charge in [-0.3, -0.25) is 4.72 Å². The Bertz CT molecular complexity index is 1490. The van der Waals surface area contributed by atoms with Gasteiger partial charge >= 0.3 is 0 Å². The number of halogens is 2. The molecule has 2 N–H and O–H groups in total. The van der Waals surface area contributed by atoms with Gasteiger partial charge in [0, 0.05) is 17.0 Å². The van der Waals surface area contributed by atoms with E-state index in [1.807, 2.05) is 12.1 Å². The molecule has 1 unspecified atom stereocenters. The number of sulfonamides is 1. The van der Waals surface area contributed by atoms with Crippen LogP contribution in [0.3, 0.4) is 0 Å². The summed E-state index contributed by atoms with van der Waals surface area (Å²) in [5.41, 5.74) is 3.18. The van der Waals surface area contributed by atoms with E-state index in [9.17, 15) is 17.2 Å². The molecular weight excluding hydrogens is 460 g/mol. The van der Waals surface area contributed by atoms with Gasteiger partial charge in [-0.2, -0.15) is 0 Å². The van der Waals surface area contributed by atoms with Gasteiger partial charge in [-0.05, 0) is 60.9 Å². The van der Waals surface area contributed by atoms with Crippen LogP contribution in [0.15, 0.2) is 71.6 Å². The third kappa shape index (κ3) is 4.14. The molecule has 6 nitrogen and oxygen atoms in total. The number of hydrogen-bond donors (Lipinski definition) is 2. The molecule has 0 fully saturated rings. The Morgan fingerprint density at radius 3 is 2.53 bits per heavy atom. The summed E-state index contributed by atoms with van der Waals surface area (Å²) in [4.78, 5) is 4.15. The first-order chi connectivity index (χ1) is 16.3. The number of ether oxygens (including phenoxy) is 1. The maximum atomic E-state index is 13.5. The van der Waals surface area contributed by atoms with Gasteiger partial charge in [0.2, 0.25) is 0 Å². The zero-order chi connectivity index (χ0) is 23.9. The summed E-state index contributed by atoms with van der Waals surface area (Å²) < 4.78 is 60.5. The molecule has 4 aromatic rings. The van der Waals surface area contributed by atoms with E-state index in [2.05, 4.69) is 21.1 Å². The SMILES string of the molecule is COc1cccc2c1C(Nc1ccc3c(NS(=O)(=O)c4cc(F)cc(F)c4)cccc3n1)CC2. The zero-order valence-corrected chi connectivity index (χ0v) is 19.0. The van der Waals surface area contributed by atoms with Gasteiger partial charge in [-0.25, -0.2) is 22.2 Å². The van der Waals surface area contributed by atoms with E-state index in [0.717, 1.165) is 36.3 Å². The van der Waals surface area contributed by atoms with Crippen molar-refractivity contribution in [2.45, 2.75) is 23.8 Å². The molecule has 174 valence electrons. The lowest BCUT2D eigenvalue weighted by atomic mass is 10.1. The molecule has 1 aliphatic carbocycles. The summed E-state index contributed by atoms with van der Waals surface area (Å²) in [7, 11) is -2.55. The maximum Gasteiger partial charge on any atom is 0.262 e. The molecule has 34 heavy (non-hydrogen) atoms. The molecule has 0 radical (unpaired) electrons. The van der Waals surface area contributed by atoms with Crippen molar-refractivity contribution < 1.29 is 21.9 Å². The minimum absolute atomic E-state index is 0.0423. The number of anilines is 2. The minimum Gasteiger partial charge on any atom is -0.496 e. The first-order valence-corrected chi connectivity index (χ1v) is 12.1. The quantitative estimate of drug-likeness (QED) is 0.384. The van der Waals surface area contributed by atoms with E-state index in [1.54, 1.807) is 37.4 Å². The first kappa shape index (κ1) is 22.1. The van der Waals surface area contributed by atoms with Crippen LogP contribution in [0.1, 0.15) is 23.6 Å². The number of hydrogen-bond acceptors (Lipinski definition) is 5. The predicted octanol–water partition coefficient (Wildman–Crippen LogP) is 5.42. The van der Waals surface area contributed by atoms with Crippen LogP contribution in [-0.2, 0) is 16.4 Å². The topological polar surface area (TPSA) is 80.3 Å². The van der Waals surface area contributed by atoms with E-state index in [4.69, 9.17) is 4.74 Å². The van der Waals surface area contributed by atoms with Crippen molar-refractivity contribution in [3.05, 3.63) is 89.5 Å². The summed E-state index contributed by atoms with van der Waals surface area (Å²) in [5.74, 6) is -0.469. The molecule has 1 atom stereocenters. The molecule has 1 aliphatic rings. The third-order valence-corrected chi connectivity index (χ3v) is 7.22. The molecule has 5 rings (SSSR count). The second-order valence-electron chi connectivity index (χ2n) is 8.05. The second-order valence-corrected chi connectivity index (χ2v) is 9.73. The number of methoxy groups -OCH3 is 1. The average molecular weight is 482 g/mol. The number of fused-ring (bicyclic) bond motifs is 2. The van der Waals surface area contributed by atoms with Crippen molar-refractivity contribution in [3.8, 4) is 5.75 Å². The Labute approximate surface area is 195 Å². The molecule has 1 aromatic heterocycles. The van der Waals surface area contributed by atoms with Crippen LogP contribution in [0, 0.1) is 11.6 Å². The van der Waals surface area contributed by atoms with Gasteiger partial charge in [-0.1, -0.05) is 18.2 Å². The highest BCUT2D eigenvalue weighted by molar-refractivity contribution is 7.92. The van der Waals surface area contributed by atoms with Crippen LogP contribution in [0.5, 0.6) is 5.75 Å². The van der Waals surface area contributed by atoms with Crippen molar-refractivity contribution in [3.63, 3.8) is 0 Å². The monoisotopic (exact) mass is 481 g/mol. The standard InChI is InChI=1S/C25H21F2N3O3S/c1-33-23-7-2-4-15-8-10-22(25(15)23)29-24-11-9-19-20(28-24)5-3-6-21(19)30-34(31,32)18-13-16(26)12-17(27)14-18/h2-7,9,11-14,22,30H,8,10H2,1H3,(H,28,29). The van der Waals surface area contributed by atoms with Crippen LogP contribution in [0.25, 0.3) is 10.9 Å². The Morgan fingerprint density at radius 1 is 1.00 bits per heavy atom. The minimum atomic E-state index is -4.21. The summed E-state index contributed by atoms with van der Waals surface area (Å²) >= 11 is 0. The summed E-state index contributed by atoms with van der Waals surface area (Å²) in [5, 5.41) is 4.01. The summed E-state index contributed by atoms with van der Waals surface area (Å²) in [6.07, 6.45) is 1.84. The summed E-state index contributed by atoms with van der Waals surface area (Å²) in [6.45, 7) is 0. The van der Waals surface area contributed by atoms with E-state index in [0.29, 0.717) is 22.8 Å². The molecular formula is C25H21F2N3O3S. The Morgan fingerprint density at radius 2 is 1.76 bits per heavy atom. The Kier molecular flexibility index (Phi) is 5.57. The van der Waals surface area contributed by atoms with Gasteiger partial charge in [-0.15, -0.1) is 0 Å². The highest BCUT2D eigenvalue weighted by Crippen LogP contribution is 2.39. The van der Waals surface area contributed by atoms with Crippen LogP contribution in [-0.4, -0.2) is 20.5 Å². The van der Waals surface area contributed by atoms with Gasteiger partial charge in [0.1, 0.15) is 23.2 Å². The van der Waals surface area contributed by atoms with Crippen molar-refractivity contribution in [1.82, 2.24) is 4.98 Å².